The standard InChI is InChI=1S/C21H22N4O5S/c1-15(26)24-17-5-9-19(10-6-17)31(28,29)23-11-12-25-14-22-20(13-21(25)27)16-3-7-18(30-2)8-4-16/h3-10,13-14,23H,11-12H2,1-2H3,(H,24,26). The first-order valence-electron chi connectivity index (χ1n) is 9.37. The summed E-state index contributed by atoms with van der Waals surface area (Å²) in [5.74, 6) is 0.458. The predicted octanol–water partition coefficient (Wildman–Crippen LogP) is 1.86. The molecule has 0 bridgehead atoms. The van der Waals surface area contributed by atoms with Crippen LogP contribution in [0.3, 0.4) is 0 Å². The Hall–Kier alpha value is -3.50. The van der Waals surface area contributed by atoms with E-state index in [0.717, 1.165) is 5.56 Å². The van der Waals surface area contributed by atoms with Gasteiger partial charge in [0.1, 0.15) is 5.75 Å². The van der Waals surface area contributed by atoms with Crippen molar-refractivity contribution in [2.75, 3.05) is 19.0 Å². The lowest BCUT2D eigenvalue weighted by molar-refractivity contribution is -0.114. The molecule has 0 fully saturated rings. The molecule has 2 aromatic carbocycles. The second-order valence-electron chi connectivity index (χ2n) is 6.64. The van der Waals surface area contributed by atoms with E-state index in [0.29, 0.717) is 17.1 Å². The van der Waals surface area contributed by atoms with Crippen molar-refractivity contribution in [1.82, 2.24) is 14.3 Å². The van der Waals surface area contributed by atoms with Crippen molar-refractivity contribution in [3.05, 3.63) is 71.3 Å². The number of carbonyl (C=O) groups is 1. The quantitative estimate of drug-likeness (QED) is 0.550. The molecule has 0 unspecified atom stereocenters. The van der Waals surface area contributed by atoms with Crippen LogP contribution in [0, 0.1) is 0 Å². The van der Waals surface area contributed by atoms with E-state index in [1.165, 1.54) is 48.1 Å². The summed E-state index contributed by atoms with van der Waals surface area (Å²) in [4.78, 5) is 27.8. The highest BCUT2D eigenvalue weighted by molar-refractivity contribution is 7.89. The Morgan fingerprint density at radius 2 is 1.77 bits per heavy atom. The third-order valence-electron chi connectivity index (χ3n) is 4.40. The number of benzene rings is 2. The molecule has 0 saturated carbocycles. The molecule has 1 amide bonds. The van der Waals surface area contributed by atoms with Crippen LogP contribution in [0.5, 0.6) is 5.75 Å². The molecule has 0 saturated heterocycles. The van der Waals surface area contributed by atoms with E-state index in [1.807, 2.05) is 0 Å². The molecule has 0 aliphatic rings. The molecule has 2 N–H and O–H groups in total. The molecule has 0 radical (unpaired) electrons. The van der Waals surface area contributed by atoms with E-state index in [2.05, 4.69) is 15.0 Å². The number of nitrogens with one attached hydrogen (secondary N) is 2. The van der Waals surface area contributed by atoms with E-state index in [1.54, 1.807) is 31.4 Å². The summed E-state index contributed by atoms with van der Waals surface area (Å²) in [6, 6.07) is 14.4. The number of anilines is 1. The van der Waals surface area contributed by atoms with Gasteiger partial charge in [0.25, 0.3) is 5.56 Å². The van der Waals surface area contributed by atoms with E-state index >= 15 is 0 Å². The average molecular weight is 442 g/mol. The van der Waals surface area contributed by atoms with Crippen LogP contribution in [-0.2, 0) is 21.4 Å². The maximum atomic E-state index is 12.4. The van der Waals surface area contributed by atoms with Gasteiger partial charge in [-0.05, 0) is 48.5 Å². The number of rotatable bonds is 8. The molecule has 31 heavy (non-hydrogen) atoms. The van der Waals surface area contributed by atoms with Crippen LogP contribution in [0.4, 0.5) is 5.69 Å². The van der Waals surface area contributed by atoms with Gasteiger partial charge in [-0.25, -0.2) is 18.1 Å². The normalized spacial score (nSPS) is 11.2. The fraction of sp³-hybridized carbons (Fsp3) is 0.190. The number of amides is 1. The minimum absolute atomic E-state index is 0.0131. The van der Waals surface area contributed by atoms with Gasteiger partial charge in [0.2, 0.25) is 15.9 Å². The van der Waals surface area contributed by atoms with Crippen molar-refractivity contribution in [1.29, 1.82) is 0 Å². The van der Waals surface area contributed by atoms with E-state index in [9.17, 15) is 18.0 Å². The maximum absolute atomic E-state index is 12.4. The summed E-state index contributed by atoms with van der Waals surface area (Å²) in [6.45, 7) is 1.50. The second kappa shape index (κ2) is 9.54. The van der Waals surface area contributed by atoms with Gasteiger partial charge in [-0.1, -0.05) is 0 Å². The fourth-order valence-electron chi connectivity index (χ4n) is 2.82. The molecule has 9 nitrogen and oxygen atoms in total. The first-order valence-corrected chi connectivity index (χ1v) is 10.8. The van der Waals surface area contributed by atoms with Gasteiger partial charge in [0.15, 0.2) is 0 Å². The largest absolute Gasteiger partial charge is 0.497 e. The fourth-order valence-corrected chi connectivity index (χ4v) is 3.84. The van der Waals surface area contributed by atoms with Gasteiger partial charge in [0, 0.05) is 37.3 Å². The van der Waals surface area contributed by atoms with Crippen LogP contribution in [0.25, 0.3) is 11.3 Å². The number of carbonyl (C=O) groups excluding carboxylic acids is 1. The molecule has 162 valence electrons. The van der Waals surface area contributed by atoms with Gasteiger partial charge in [-0.2, -0.15) is 0 Å². The van der Waals surface area contributed by atoms with E-state index in [-0.39, 0.29) is 29.5 Å². The van der Waals surface area contributed by atoms with Crippen molar-refractivity contribution in [2.45, 2.75) is 18.4 Å². The van der Waals surface area contributed by atoms with Crippen LogP contribution in [0.2, 0.25) is 0 Å². The lowest BCUT2D eigenvalue weighted by Crippen LogP contribution is -2.30. The van der Waals surface area contributed by atoms with Crippen LogP contribution in [0.15, 0.2) is 70.6 Å². The van der Waals surface area contributed by atoms with Crippen molar-refractivity contribution >= 4 is 21.6 Å². The summed E-state index contributed by atoms with van der Waals surface area (Å²) in [5.41, 5.74) is 1.50. The minimum atomic E-state index is -3.76. The van der Waals surface area contributed by atoms with E-state index in [4.69, 9.17) is 4.74 Å². The van der Waals surface area contributed by atoms with Crippen LogP contribution in [-0.4, -0.2) is 37.5 Å². The number of hydrogen-bond donors (Lipinski definition) is 2. The molecule has 3 aromatic rings. The highest BCUT2D eigenvalue weighted by Crippen LogP contribution is 2.19. The summed E-state index contributed by atoms with van der Waals surface area (Å²) < 4.78 is 33.7. The minimum Gasteiger partial charge on any atom is -0.497 e. The highest BCUT2D eigenvalue weighted by Gasteiger charge is 2.13. The maximum Gasteiger partial charge on any atom is 0.253 e. The van der Waals surface area contributed by atoms with Crippen LogP contribution >= 0.6 is 0 Å². The Morgan fingerprint density at radius 1 is 1.10 bits per heavy atom. The van der Waals surface area contributed by atoms with Gasteiger partial charge >= 0.3 is 0 Å². The summed E-state index contributed by atoms with van der Waals surface area (Å²) in [5, 5.41) is 2.57. The zero-order valence-electron chi connectivity index (χ0n) is 17.0. The predicted molar refractivity (Wildman–Crippen MR) is 116 cm³/mol. The Balaban J connectivity index is 1.63. The molecule has 0 spiro atoms. The summed E-state index contributed by atoms with van der Waals surface area (Å²) in [6.07, 6.45) is 1.39. The molecule has 3 rings (SSSR count). The summed E-state index contributed by atoms with van der Waals surface area (Å²) >= 11 is 0. The SMILES string of the molecule is COc1ccc(-c2cc(=O)n(CCNS(=O)(=O)c3ccc(NC(C)=O)cc3)cn2)cc1. The molecule has 0 aliphatic heterocycles. The van der Waals surface area contributed by atoms with Crippen molar-refractivity contribution < 1.29 is 17.9 Å². The van der Waals surface area contributed by atoms with Crippen molar-refractivity contribution in [3.63, 3.8) is 0 Å². The molecular formula is C21H22N4O5S. The van der Waals surface area contributed by atoms with Gasteiger partial charge in [-0.3, -0.25) is 14.2 Å². The first-order chi connectivity index (χ1) is 14.8. The third kappa shape index (κ3) is 5.77. The zero-order valence-corrected chi connectivity index (χ0v) is 17.8. The summed E-state index contributed by atoms with van der Waals surface area (Å²) in [7, 11) is -2.18. The number of aromatic nitrogens is 2. The highest BCUT2D eigenvalue weighted by atomic mass is 32.2. The van der Waals surface area contributed by atoms with Crippen LogP contribution in [0.1, 0.15) is 6.92 Å². The third-order valence-corrected chi connectivity index (χ3v) is 5.87. The monoisotopic (exact) mass is 442 g/mol. The van der Waals surface area contributed by atoms with Gasteiger partial charge < -0.3 is 10.1 Å². The molecule has 0 atom stereocenters. The van der Waals surface area contributed by atoms with E-state index < -0.39 is 10.0 Å². The number of hydrogen-bond acceptors (Lipinski definition) is 6. The molecule has 1 aromatic heterocycles. The Kier molecular flexibility index (Phi) is 6.83. The number of ether oxygens (including phenoxy) is 1. The molecule has 10 heteroatoms. The Labute approximate surface area is 179 Å². The number of methoxy groups -OCH3 is 1. The molecular weight excluding hydrogens is 420 g/mol. The topological polar surface area (TPSA) is 119 Å². The van der Waals surface area contributed by atoms with Crippen molar-refractivity contribution in [2.24, 2.45) is 0 Å². The second-order valence-corrected chi connectivity index (χ2v) is 8.40. The van der Waals surface area contributed by atoms with Gasteiger partial charge in [-0.15, -0.1) is 0 Å². The lowest BCUT2D eigenvalue weighted by atomic mass is 10.1. The molecule has 1 heterocycles. The van der Waals surface area contributed by atoms with Gasteiger partial charge in [0.05, 0.1) is 24.0 Å². The lowest BCUT2D eigenvalue weighted by Gasteiger charge is -2.10. The Bertz CT molecular complexity index is 1220. The van der Waals surface area contributed by atoms with Crippen LogP contribution < -0.4 is 20.3 Å². The first kappa shape index (κ1) is 22.2. The van der Waals surface area contributed by atoms with Crippen molar-refractivity contribution in [3.8, 4) is 17.0 Å². The number of nitrogens with zero attached hydrogens (tertiary/aromatic N) is 2. The molecule has 0 aliphatic carbocycles. The Morgan fingerprint density at radius 3 is 2.35 bits per heavy atom. The average Bonchev–Trinajstić information content (AvgIpc) is 2.75. The zero-order chi connectivity index (χ0) is 22.4. The number of sulfonamides is 1. The smallest absolute Gasteiger partial charge is 0.253 e.